The molecule has 1 N–H and O–H groups in total. The summed E-state index contributed by atoms with van der Waals surface area (Å²) in [5.41, 5.74) is 10.6. The molecule has 172 valence electrons. The molecule has 4 saturated carbocycles. The van der Waals surface area contributed by atoms with Crippen molar-refractivity contribution in [1.29, 1.82) is 0 Å². The van der Waals surface area contributed by atoms with Crippen LogP contribution in [0.2, 0.25) is 0 Å². The Morgan fingerprint density at radius 2 is 1.67 bits per heavy atom. The number of benzene rings is 1. The largest absolute Gasteiger partial charge is 0.349 e. The molecule has 0 saturated heterocycles. The zero-order chi connectivity index (χ0) is 23.3. The van der Waals surface area contributed by atoms with Crippen molar-refractivity contribution in [3.05, 3.63) is 57.7 Å². The minimum Gasteiger partial charge on any atom is -0.349 e. The molecular weight excluding hydrogens is 416 g/mol. The van der Waals surface area contributed by atoms with Crippen molar-refractivity contribution in [2.24, 2.45) is 28.8 Å². The summed E-state index contributed by atoms with van der Waals surface area (Å²) in [7, 11) is 0. The van der Waals surface area contributed by atoms with Crippen molar-refractivity contribution in [2.75, 3.05) is 0 Å². The molecule has 33 heavy (non-hydrogen) atoms. The van der Waals surface area contributed by atoms with E-state index in [9.17, 15) is 9.59 Å². The smallest absolute Gasteiger partial charge is 0.255 e. The van der Waals surface area contributed by atoms with Gasteiger partial charge in [-0.15, -0.1) is 0 Å². The molecule has 2 aromatic rings. The fourth-order valence-electron chi connectivity index (χ4n) is 6.67. The van der Waals surface area contributed by atoms with Gasteiger partial charge in [-0.1, -0.05) is 20.8 Å². The summed E-state index contributed by atoms with van der Waals surface area (Å²) in [6, 6.07) is 6.99. The monoisotopic (exact) mass is 446 g/mol. The Kier molecular flexibility index (Phi) is 5.28. The maximum atomic E-state index is 13.5. The standard InChI is InChI=1S/C25H30N6O2/c1-25(2,3)22-20(13-27-31(22)19-6-4-16(5-7-19)23(32)29-30-26)24(33)28-21-17-9-14-8-15(11-17)12-18(21)10-14/h4-7,13-15,17-18,21H,8-12H2,1-3H3,(H,28,33). The van der Waals surface area contributed by atoms with Gasteiger partial charge in [0.1, 0.15) is 0 Å². The first kappa shape index (κ1) is 21.7. The lowest BCUT2D eigenvalue weighted by atomic mass is 9.54. The summed E-state index contributed by atoms with van der Waals surface area (Å²) >= 11 is 0. The summed E-state index contributed by atoms with van der Waals surface area (Å²) in [6.45, 7) is 6.21. The van der Waals surface area contributed by atoms with Crippen molar-refractivity contribution in [3.63, 3.8) is 0 Å². The Bertz CT molecular complexity index is 1110. The van der Waals surface area contributed by atoms with Crippen LogP contribution < -0.4 is 5.32 Å². The highest BCUT2D eigenvalue weighted by molar-refractivity contribution is 5.96. The lowest BCUT2D eigenvalue weighted by Crippen LogP contribution is -2.55. The third kappa shape index (κ3) is 3.93. The number of rotatable bonds is 4. The van der Waals surface area contributed by atoms with Crippen molar-refractivity contribution < 1.29 is 9.59 Å². The first-order valence-corrected chi connectivity index (χ1v) is 11.8. The molecule has 2 amide bonds. The number of hydrogen-bond donors (Lipinski definition) is 1. The fraction of sp³-hybridized carbons (Fsp3) is 0.560. The van der Waals surface area contributed by atoms with Crippen LogP contribution in [0.5, 0.6) is 0 Å². The molecule has 0 unspecified atom stereocenters. The van der Waals surface area contributed by atoms with E-state index in [1.807, 2.05) is 0 Å². The zero-order valence-corrected chi connectivity index (χ0v) is 19.4. The first-order valence-electron chi connectivity index (χ1n) is 11.8. The topological polar surface area (TPSA) is 113 Å². The summed E-state index contributed by atoms with van der Waals surface area (Å²) in [5.74, 6) is 2.28. The van der Waals surface area contributed by atoms with Crippen LogP contribution in [0, 0.1) is 23.7 Å². The SMILES string of the molecule is CC(C)(C)c1c(C(=O)NC2C3CC4CC(C3)CC2C4)cnn1-c1ccc(C(=O)N=[N+]=[N-])cc1. The lowest BCUT2D eigenvalue weighted by molar-refractivity contribution is -0.0119. The molecule has 4 aliphatic carbocycles. The highest BCUT2D eigenvalue weighted by atomic mass is 16.2. The molecule has 0 atom stereocenters. The van der Waals surface area contributed by atoms with Crippen molar-refractivity contribution in [3.8, 4) is 5.69 Å². The van der Waals surface area contributed by atoms with Gasteiger partial charge in [0.25, 0.3) is 5.91 Å². The Labute approximate surface area is 193 Å². The van der Waals surface area contributed by atoms with Crippen molar-refractivity contribution in [2.45, 2.75) is 64.3 Å². The van der Waals surface area contributed by atoms with Crippen molar-refractivity contribution in [1.82, 2.24) is 15.1 Å². The number of amides is 2. The van der Waals surface area contributed by atoms with Gasteiger partial charge >= 0.3 is 0 Å². The Hall–Kier alpha value is -3.12. The average Bonchev–Trinajstić information content (AvgIpc) is 3.22. The number of nitrogens with one attached hydrogen (secondary N) is 1. The number of aromatic nitrogens is 2. The van der Waals surface area contributed by atoms with Crippen LogP contribution in [0.4, 0.5) is 0 Å². The molecule has 0 radical (unpaired) electrons. The maximum absolute atomic E-state index is 13.5. The number of hydrogen-bond acceptors (Lipinski definition) is 3. The van der Waals surface area contributed by atoms with E-state index in [0.717, 1.165) is 23.2 Å². The third-order valence-corrected chi connectivity index (χ3v) is 7.74. The Morgan fingerprint density at radius 1 is 1.06 bits per heavy atom. The summed E-state index contributed by atoms with van der Waals surface area (Å²) in [5, 5.41) is 11.1. The highest BCUT2D eigenvalue weighted by Crippen LogP contribution is 2.53. The molecule has 1 aromatic carbocycles. The van der Waals surface area contributed by atoms with Crippen LogP contribution in [-0.4, -0.2) is 27.6 Å². The summed E-state index contributed by atoms with van der Waals surface area (Å²) in [6.07, 6.45) is 8.07. The fourth-order valence-corrected chi connectivity index (χ4v) is 6.67. The van der Waals surface area contributed by atoms with Crippen LogP contribution >= 0.6 is 0 Å². The van der Waals surface area contributed by atoms with E-state index in [1.54, 1.807) is 35.1 Å². The van der Waals surface area contributed by atoms with Gasteiger partial charge in [-0.05, 0) is 90.7 Å². The number of azide groups is 1. The molecule has 1 aromatic heterocycles. The minimum absolute atomic E-state index is 0.0428. The van der Waals surface area contributed by atoms with E-state index in [-0.39, 0.29) is 17.4 Å². The summed E-state index contributed by atoms with van der Waals surface area (Å²) < 4.78 is 1.77. The first-order chi connectivity index (χ1) is 15.7. The maximum Gasteiger partial charge on any atom is 0.255 e. The van der Waals surface area contributed by atoms with E-state index >= 15 is 0 Å². The van der Waals surface area contributed by atoms with E-state index in [4.69, 9.17) is 5.53 Å². The van der Waals surface area contributed by atoms with Crippen LogP contribution in [0.25, 0.3) is 16.1 Å². The predicted molar refractivity (Wildman–Crippen MR) is 124 cm³/mol. The lowest BCUT2D eigenvalue weighted by Gasteiger charge is -2.54. The second-order valence-corrected chi connectivity index (χ2v) is 11.0. The predicted octanol–water partition coefficient (Wildman–Crippen LogP) is 5.17. The number of nitrogens with zero attached hydrogens (tertiary/aromatic N) is 5. The van der Waals surface area contributed by atoms with Gasteiger partial charge in [0.2, 0.25) is 5.91 Å². The van der Waals surface area contributed by atoms with Gasteiger partial charge in [0, 0.05) is 21.9 Å². The molecule has 8 nitrogen and oxygen atoms in total. The van der Waals surface area contributed by atoms with E-state index in [2.05, 4.69) is 41.2 Å². The molecule has 4 fully saturated rings. The van der Waals surface area contributed by atoms with Crippen LogP contribution in [0.15, 0.2) is 35.6 Å². The summed E-state index contributed by atoms with van der Waals surface area (Å²) in [4.78, 5) is 27.9. The molecular formula is C25H30N6O2. The molecule has 1 heterocycles. The van der Waals surface area contributed by atoms with Gasteiger partial charge in [-0.2, -0.15) is 5.10 Å². The van der Waals surface area contributed by atoms with Crippen LogP contribution in [0.3, 0.4) is 0 Å². The number of carbonyl (C=O) groups excluding carboxylic acids is 2. The minimum atomic E-state index is -0.628. The normalized spacial score (nSPS) is 27.8. The van der Waals surface area contributed by atoms with Crippen LogP contribution in [0.1, 0.15) is 79.3 Å². The Morgan fingerprint density at radius 3 is 2.21 bits per heavy atom. The third-order valence-electron chi connectivity index (χ3n) is 7.74. The highest BCUT2D eigenvalue weighted by Gasteiger charge is 2.48. The van der Waals surface area contributed by atoms with E-state index in [0.29, 0.717) is 23.0 Å². The van der Waals surface area contributed by atoms with Gasteiger partial charge < -0.3 is 5.32 Å². The molecule has 0 spiro atoms. The van der Waals surface area contributed by atoms with Gasteiger partial charge in [0.15, 0.2) is 0 Å². The molecule has 4 aliphatic rings. The van der Waals surface area contributed by atoms with Crippen molar-refractivity contribution >= 4 is 11.8 Å². The average molecular weight is 447 g/mol. The zero-order valence-electron chi connectivity index (χ0n) is 19.4. The van der Waals surface area contributed by atoms with Gasteiger partial charge in [-0.25, -0.2) is 4.68 Å². The molecule has 0 aliphatic heterocycles. The van der Waals surface area contributed by atoms with Gasteiger partial charge in [-0.3, -0.25) is 9.59 Å². The molecule has 6 rings (SSSR count). The Balaban J connectivity index is 1.42. The van der Waals surface area contributed by atoms with E-state index < -0.39 is 5.91 Å². The second kappa shape index (κ2) is 8.03. The number of carbonyl (C=O) groups is 2. The van der Waals surface area contributed by atoms with E-state index in [1.165, 1.54) is 32.1 Å². The quantitative estimate of drug-likeness (QED) is 0.397. The second-order valence-electron chi connectivity index (χ2n) is 11.0. The van der Waals surface area contributed by atoms with Gasteiger partial charge in [0.05, 0.1) is 23.1 Å². The van der Waals surface area contributed by atoms with Crippen LogP contribution in [-0.2, 0) is 5.41 Å². The molecule has 8 heteroatoms. The molecule has 4 bridgehead atoms.